The molecule has 0 saturated heterocycles. The average Bonchev–Trinajstić information content (AvgIpc) is 3.66. The van der Waals surface area contributed by atoms with Crippen LogP contribution in [0.15, 0.2) is 130 Å². The zero-order valence-corrected chi connectivity index (χ0v) is 21.4. The molecule has 0 aliphatic rings. The lowest BCUT2D eigenvalue weighted by atomic mass is 10.1. The third-order valence-corrected chi connectivity index (χ3v) is 7.34. The van der Waals surface area contributed by atoms with Gasteiger partial charge >= 0.3 is 0 Å². The van der Waals surface area contributed by atoms with Crippen molar-refractivity contribution in [3.05, 3.63) is 132 Å². The van der Waals surface area contributed by atoms with Crippen LogP contribution < -0.4 is 0 Å². The van der Waals surface area contributed by atoms with E-state index in [2.05, 4.69) is 72.8 Å². The predicted octanol–water partition coefficient (Wildman–Crippen LogP) is 9.78. The summed E-state index contributed by atoms with van der Waals surface area (Å²) in [5, 5.41) is 4.45. The highest BCUT2D eigenvalue weighted by molar-refractivity contribution is 6.04. The van der Waals surface area contributed by atoms with Gasteiger partial charge in [-0.2, -0.15) is 0 Å². The summed E-state index contributed by atoms with van der Waals surface area (Å²) in [6, 6.07) is 41.1. The van der Waals surface area contributed by atoms with Gasteiger partial charge in [0, 0.05) is 21.9 Å². The van der Waals surface area contributed by atoms with Gasteiger partial charge in [-0.1, -0.05) is 97.1 Å². The molecule has 0 radical (unpaired) electrons. The van der Waals surface area contributed by atoms with Crippen molar-refractivity contribution in [3.8, 4) is 22.9 Å². The molecule has 0 saturated carbocycles. The molecule has 40 heavy (non-hydrogen) atoms. The lowest BCUT2D eigenvalue weighted by Crippen LogP contribution is -1.79. The van der Waals surface area contributed by atoms with Gasteiger partial charge in [-0.3, -0.25) is 0 Å². The summed E-state index contributed by atoms with van der Waals surface area (Å²) in [7, 11) is 0. The minimum atomic E-state index is 0.629. The molecule has 188 valence electrons. The number of rotatable bonds is 4. The molecule has 0 aliphatic carbocycles. The van der Waals surface area contributed by atoms with Crippen molar-refractivity contribution in [1.29, 1.82) is 0 Å². The molecule has 0 fully saturated rings. The molecule has 0 atom stereocenters. The van der Waals surface area contributed by atoms with Crippen LogP contribution in [-0.4, -0.2) is 9.97 Å². The fourth-order valence-corrected chi connectivity index (χ4v) is 5.22. The maximum Gasteiger partial charge on any atom is 0.227 e. The van der Waals surface area contributed by atoms with Crippen LogP contribution in [0.1, 0.15) is 11.1 Å². The number of oxazole rings is 2. The minimum Gasteiger partial charge on any atom is -0.435 e. The van der Waals surface area contributed by atoms with Gasteiger partial charge in [-0.25, -0.2) is 9.97 Å². The highest BCUT2D eigenvalue weighted by Crippen LogP contribution is 2.32. The first-order valence-electron chi connectivity index (χ1n) is 13.2. The molecule has 0 spiro atoms. The van der Waals surface area contributed by atoms with Crippen molar-refractivity contribution in [2.24, 2.45) is 0 Å². The number of nitrogens with zero attached hydrogens (tertiary/aromatic N) is 2. The SMILES string of the molecule is C(=C\c1ccc(-c2nc3ccc4ccccc4c3o2)cc1)/c1ccc(-c2nc3ccc4ccccc4c3o2)cc1. The predicted molar refractivity (Wildman–Crippen MR) is 163 cm³/mol. The Labute approximate surface area is 229 Å². The maximum atomic E-state index is 6.18. The van der Waals surface area contributed by atoms with E-state index in [1.54, 1.807) is 0 Å². The largest absolute Gasteiger partial charge is 0.435 e. The van der Waals surface area contributed by atoms with Crippen LogP contribution in [-0.2, 0) is 0 Å². The summed E-state index contributed by atoms with van der Waals surface area (Å²) in [4.78, 5) is 9.44. The van der Waals surface area contributed by atoms with Gasteiger partial charge in [0.15, 0.2) is 11.2 Å². The fourth-order valence-electron chi connectivity index (χ4n) is 5.22. The van der Waals surface area contributed by atoms with Gasteiger partial charge in [-0.15, -0.1) is 0 Å². The molecule has 0 bridgehead atoms. The monoisotopic (exact) mass is 514 g/mol. The summed E-state index contributed by atoms with van der Waals surface area (Å²) in [5.41, 5.74) is 7.49. The van der Waals surface area contributed by atoms with Crippen LogP contribution in [0, 0.1) is 0 Å². The Balaban J connectivity index is 1.02. The Hall–Kier alpha value is -5.48. The molecular weight excluding hydrogens is 492 g/mol. The highest BCUT2D eigenvalue weighted by Gasteiger charge is 2.12. The van der Waals surface area contributed by atoms with Crippen molar-refractivity contribution in [2.45, 2.75) is 0 Å². The van der Waals surface area contributed by atoms with Crippen molar-refractivity contribution >= 4 is 55.9 Å². The fraction of sp³-hybridized carbons (Fsp3) is 0. The summed E-state index contributed by atoms with van der Waals surface area (Å²) in [6.07, 6.45) is 4.20. The smallest absolute Gasteiger partial charge is 0.227 e. The summed E-state index contributed by atoms with van der Waals surface area (Å²) < 4.78 is 12.4. The minimum absolute atomic E-state index is 0.629. The van der Waals surface area contributed by atoms with Gasteiger partial charge < -0.3 is 8.83 Å². The molecule has 0 aliphatic heterocycles. The van der Waals surface area contributed by atoms with Crippen LogP contribution in [0.3, 0.4) is 0 Å². The first-order chi connectivity index (χ1) is 19.8. The van der Waals surface area contributed by atoms with E-state index in [-0.39, 0.29) is 0 Å². The Bertz CT molecular complexity index is 2040. The van der Waals surface area contributed by atoms with E-state index in [1.807, 2.05) is 60.7 Å². The molecule has 8 rings (SSSR count). The molecule has 0 unspecified atom stereocenters. The second-order valence-corrected chi connectivity index (χ2v) is 9.89. The van der Waals surface area contributed by atoms with Crippen LogP contribution in [0.2, 0.25) is 0 Å². The van der Waals surface area contributed by atoms with E-state index < -0.39 is 0 Å². The number of aromatic nitrogens is 2. The molecule has 0 amide bonds. The summed E-state index contributed by atoms with van der Waals surface area (Å²) in [6.45, 7) is 0. The summed E-state index contributed by atoms with van der Waals surface area (Å²) in [5.74, 6) is 1.26. The number of hydrogen-bond acceptors (Lipinski definition) is 4. The van der Waals surface area contributed by atoms with Crippen LogP contribution in [0.5, 0.6) is 0 Å². The van der Waals surface area contributed by atoms with Crippen molar-refractivity contribution < 1.29 is 8.83 Å². The Morgan fingerprint density at radius 1 is 0.425 bits per heavy atom. The Kier molecular flexibility index (Phi) is 5.10. The molecule has 2 heterocycles. The van der Waals surface area contributed by atoms with E-state index >= 15 is 0 Å². The number of fused-ring (bicyclic) bond motifs is 6. The van der Waals surface area contributed by atoms with E-state index in [0.717, 1.165) is 66.0 Å². The van der Waals surface area contributed by atoms with E-state index in [1.165, 1.54) is 0 Å². The molecule has 0 N–H and O–H groups in total. The third-order valence-electron chi connectivity index (χ3n) is 7.34. The number of hydrogen-bond donors (Lipinski definition) is 0. The Morgan fingerprint density at radius 2 is 0.850 bits per heavy atom. The molecule has 4 heteroatoms. The first kappa shape index (κ1) is 22.5. The zero-order valence-electron chi connectivity index (χ0n) is 21.4. The second-order valence-electron chi connectivity index (χ2n) is 9.89. The summed E-state index contributed by atoms with van der Waals surface area (Å²) >= 11 is 0. The van der Waals surface area contributed by atoms with Crippen LogP contribution in [0.4, 0.5) is 0 Å². The molecule has 4 nitrogen and oxygen atoms in total. The number of benzene rings is 6. The van der Waals surface area contributed by atoms with Crippen molar-refractivity contribution in [3.63, 3.8) is 0 Å². The van der Waals surface area contributed by atoms with Gasteiger partial charge in [-0.05, 0) is 58.3 Å². The van der Waals surface area contributed by atoms with E-state index in [4.69, 9.17) is 18.8 Å². The lowest BCUT2D eigenvalue weighted by Gasteiger charge is -1.99. The second kappa shape index (κ2) is 9.07. The lowest BCUT2D eigenvalue weighted by molar-refractivity contribution is 0.622. The van der Waals surface area contributed by atoms with Gasteiger partial charge in [0.2, 0.25) is 11.8 Å². The van der Waals surface area contributed by atoms with Gasteiger partial charge in [0.25, 0.3) is 0 Å². The quantitative estimate of drug-likeness (QED) is 0.219. The molecule has 2 aromatic heterocycles. The first-order valence-corrected chi connectivity index (χ1v) is 13.2. The molecular formula is C36H22N2O2. The highest BCUT2D eigenvalue weighted by atomic mass is 16.4. The van der Waals surface area contributed by atoms with Gasteiger partial charge in [0.1, 0.15) is 11.0 Å². The third kappa shape index (κ3) is 3.86. The van der Waals surface area contributed by atoms with Crippen LogP contribution in [0.25, 0.3) is 78.8 Å². The van der Waals surface area contributed by atoms with Gasteiger partial charge in [0.05, 0.1) is 0 Å². The average molecular weight is 515 g/mol. The van der Waals surface area contributed by atoms with E-state index in [9.17, 15) is 0 Å². The maximum absolute atomic E-state index is 6.18. The Morgan fingerprint density at radius 3 is 1.30 bits per heavy atom. The standard InChI is InChI=1S/C36H22N2O2/c1-3-7-29-25(5-1)19-21-31-33(29)39-35(37-31)27-15-11-23(12-16-27)9-10-24-13-17-28(18-14-24)36-38-32-22-20-26-6-2-4-8-30(26)34(32)40-36/h1-22H/b10-9+. The zero-order chi connectivity index (χ0) is 26.5. The molecule has 6 aromatic carbocycles. The van der Waals surface area contributed by atoms with Crippen LogP contribution >= 0.6 is 0 Å². The normalized spacial score (nSPS) is 11.9. The topological polar surface area (TPSA) is 52.1 Å². The molecule has 8 aromatic rings. The van der Waals surface area contributed by atoms with E-state index in [0.29, 0.717) is 11.8 Å². The van der Waals surface area contributed by atoms with Crippen molar-refractivity contribution in [1.82, 2.24) is 9.97 Å². The van der Waals surface area contributed by atoms with Crippen molar-refractivity contribution in [2.75, 3.05) is 0 Å².